The Morgan fingerprint density at radius 2 is 1.92 bits per heavy atom. The summed E-state index contributed by atoms with van der Waals surface area (Å²) in [4.78, 5) is 43.1. The topological polar surface area (TPSA) is 89.2 Å². The van der Waals surface area contributed by atoms with Crippen molar-refractivity contribution in [2.75, 3.05) is 13.1 Å². The predicted molar refractivity (Wildman–Crippen MR) is 90.2 cm³/mol. The van der Waals surface area contributed by atoms with E-state index in [0.717, 1.165) is 11.1 Å². The molecule has 0 spiro atoms. The molecule has 0 aromatic carbocycles. The number of fused-ring (bicyclic) bond motifs is 1. The molecule has 24 heavy (non-hydrogen) atoms. The lowest BCUT2D eigenvalue weighted by Crippen LogP contribution is -2.57. The minimum Gasteiger partial charge on any atom is -0.332 e. The highest BCUT2D eigenvalue weighted by Gasteiger charge is 2.29. The molecule has 0 aliphatic carbocycles. The minimum atomic E-state index is -0.464. The number of nitrogens with zero attached hydrogens (tertiary/aromatic N) is 4. The fraction of sp³-hybridized carbons (Fsp3) is 0.500. The average Bonchev–Trinajstić information content (AvgIpc) is 2.59. The normalized spacial score (nSPS) is 21.2. The van der Waals surface area contributed by atoms with Gasteiger partial charge in [0.15, 0.2) is 0 Å². The van der Waals surface area contributed by atoms with Gasteiger partial charge in [0, 0.05) is 39.3 Å². The molecule has 8 heteroatoms. The number of rotatable bonds is 1. The van der Waals surface area contributed by atoms with Crippen LogP contribution in [0.4, 0.5) is 0 Å². The number of aryl methyl sites for hydroxylation is 1. The zero-order valence-electron chi connectivity index (χ0n) is 14.2. The number of amides is 1. The molecule has 1 saturated heterocycles. The fourth-order valence-corrected chi connectivity index (χ4v) is 3.06. The number of piperazine rings is 1. The standard InChI is InChI=1S/C16H21N5O3/c1-9-10(2)21(8-7-17-9)15(23)12-6-5-11-13(18-12)19(3)16(24)20(4)14(11)22/h5-6,9-10,17H,7-8H2,1-4H3. The summed E-state index contributed by atoms with van der Waals surface area (Å²) < 4.78 is 2.32. The first kappa shape index (κ1) is 16.4. The Labute approximate surface area is 138 Å². The van der Waals surface area contributed by atoms with Crippen LogP contribution in [0.15, 0.2) is 21.7 Å². The third-order valence-electron chi connectivity index (χ3n) is 4.82. The average molecular weight is 331 g/mol. The van der Waals surface area contributed by atoms with Crippen molar-refractivity contribution in [2.24, 2.45) is 14.1 Å². The Hall–Kier alpha value is -2.48. The second kappa shape index (κ2) is 5.86. The SMILES string of the molecule is CC1NCCN(C(=O)c2ccc3c(=O)n(C)c(=O)n(C)c3n2)C1C. The van der Waals surface area contributed by atoms with Crippen molar-refractivity contribution in [2.45, 2.75) is 25.9 Å². The van der Waals surface area contributed by atoms with Gasteiger partial charge >= 0.3 is 5.69 Å². The highest BCUT2D eigenvalue weighted by Crippen LogP contribution is 2.14. The van der Waals surface area contributed by atoms with E-state index in [1.165, 1.54) is 11.6 Å². The van der Waals surface area contributed by atoms with Gasteiger partial charge in [-0.25, -0.2) is 9.78 Å². The van der Waals surface area contributed by atoms with Crippen molar-refractivity contribution >= 4 is 16.9 Å². The Bertz CT molecular complexity index is 930. The third-order valence-corrected chi connectivity index (χ3v) is 4.82. The molecule has 1 N–H and O–H groups in total. The summed E-state index contributed by atoms with van der Waals surface area (Å²) in [7, 11) is 2.97. The molecule has 1 aliphatic heterocycles. The molecule has 0 radical (unpaired) electrons. The molecule has 128 valence electrons. The van der Waals surface area contributed by atoms with Crippen molar-refractivity contribution in [3.8, 4) is 0 Å². The van der Waals surface area contributed by atoms with Crippen molar-refractivity contribution in [3.05, 3.63) is 38.7 Å². The largest absolute Gasteiger partial charge is 0.332 e. The Morgan fingerprint density at radius 3 is 2.62 bits per heavy atom. The Balaban J connectivity index is 2.10. The summed E-state index contributed by atoms with van der Waals surface area (Å²) in [6.07, 6.45) is 0. The summed E-state index contributed by atoms with van der Waals surface area (Å²) in [5, 5.41) is 3.64. The molecule has 3 heterocycles. The van der Waals surface area contributed by atoms with E-state index in [1.807, 2.05) is 13.8 Å². The van der Waals surface area contributed by atoms with Gasteiger partial charge in [0.05, 0.1) is 5.39 Å². The molecule has 2 aromatic rings. The van der Waals surface area contributed by atoms with Gasteiger partial charge in [0.1, 0.15) is 11.3 Å². The molecule has 1 fully saturated rings. The van der Waals surface area contributed by atoms with Crippen LogP contribution in [0, 0.1) is 0 Å². The quantitative estimate of drug-likeness (QED) is 0.758. The van der Waals surface area contributed by atoms with Crippen LogP contribution >= 0.6 is 0 Å². The van der Waals surface area contributed by atoms with Gasteiger partial charge in [-0.1, -0.05) is 0 Å². The highest BCUT2D eigenvalue weighted by atomic mass is 16.2. The number of carbonyl (C=O) groups is 1. The maximum Gasteiger partial charge on any atom is 0.332 e. The number of pyridine rings is 1. The highest BCUT2D eigenvalue weighted by molar-refractivity contribution is 5.94. The van der Waals surface area contributed by atoms with Gasteiger partial charge in [0.25, 0.3) is 11.5 Å². The van der Waals surface area contributed by atoms with Gasteiger partial charge < -0.3 is 10.2 Å². The van der Waals surface area contributed by atoms with E-state index >= 15 is 0 Å². The van der Waals surface area contributed by atoms with Crippen LogP contribution in [0.5, 0.6) is 0 Å². The van der Waals surface area contributed by atoms with Gasteiger partial charge in [-0.2, -0.15) is 0 Å². The molecule has 0 bridgehead atoms. The van der Waals surface area contributed by atoms with E-state index in [1.54, 1.807) is 24.1 Å². The van der Waals surface area contributed by atoms with E-state index < -0.39 is 11.2 Å². The van der Waals surface area contributed by atoms with Crippen LogP contribution in [-0.2, 0) is 14.1 Å². The van der Waals surface area contributed by atoms with Gasteiger partial charge in [0.2, 0.25) is 0 Å². The summed E-state index contributed by atoms with van der Waals surface area (Å²) >= 11 is 0. The zero-order valence-corrected chi connectivity index (χ0v) is 14.2. The number of hydrogen-bond donors (Lipinski definition) is 1. The molecule has 2 unspecified atom stereocenters. The molecule has 1 aliphatic rings. The number of nitrogens with one attached hydrogen (secondary N) is 1. The maximum absolute atomic E-state index is 12.8. The molecule has 1 amide bonds. The maximum atomic E-state index is 12.8. The van der Waals surface area contributed by atoms with E-state index in [9.17, 15) is 14.4 Å². The minimum absolute atomic E-state index is 0.0382. The molecular formula is C16H21N5O3. The van der Waals surface area contributed by atoms with Crippen molar-refractivity contribution < 1.29 is 4.79 Å². The van der Waals surface area contributed by atoms with Crippen LogP contribution in [0.3, 0.4) is 0 Å². The third kappa shape index (κ3) is 2.43. The number of aromatic nitrogens is 3. The number of carbonyl (C=O) groups excluding carboxylic acids is 1. The van der Waals surface area contributed by atoms with Crippen molar-refractivity contribution in [1.82, 2.24) is 24.3 Å². The van der Waals surface area contributed by atoms with Crippen LogP contribution in [0.25, 0.3) is 11.0 Å². The second-order valence-corrected chi connectivity index (χ2v) is 6.26. The molecule has 8 nitrogen and oxygen atoms in total. The zero-order chi connectivity index (χ0) is 17.6. The molecule has 3 rings (SSSR count). The summed E-state index contributed by atoms with van der Waals surface area (Å²) in [5.41, 5.74) is -0.408. The first-order valence-corrected chi connectivity index (χ1v) is 7.94. The van der Waals surface area contributed by atoms with E-state index in [4.69, 9.17) is 0 Å². The summed E-state index contributed by atoms with van der Waals surface area (Å²) in [5.74, 6) is -0.189. The van der Waals surface area contributed by atoms with Gasteiger partial charge in [-0.3, -0.25) is 18.7 Å². The van der Waals surface area contributed by atoms with E-state index in [2.05, 4.69) is 10.3 Å². The first-order chi connectivity index (χ1) is 11.3. The smallest absolute Gasteiger partial charge is 0.332 e. The fourth-order valence-electron chi connectivity index (χ4n) is 3.06. The molecular weight excluding hydrogens is 310 g/mol. The van der Waals surface area contributed by atoms with E-state index in [-0.39, 0.29) is 29.3 Å². The molecule has 2 aromatic heterocycles. The van der Waals surface area contributed by atoms with Crippen LogP contribution < -0.4 is 16.6 Å². The lowest BCUT2D eigenvalue weighted by molar-refractivity contribution is 0.0597. The summed E-state index contributed by atoms with van der Waals surface area (Å²) in [6.45, 7) is 5.34. The van der Waals surface area contributed by atoms with Crippen LogP contribution in [0.2, 0.25) is 0 Å². The van der Waals surface area contributed by atoms with Crippen molar-refractivity contribution in [3.63, 3.8) is 0 Å². The van der Waals surface area contributed by atoms with Gasteiger partial charge in [-0.15, -0.1) is 0 Å². The lowest BCUT2D eigenvalue weighted by atomic mass is 10.1. The van der Waals surface area contributed by atoms with Crippen molar-refractivity contribution in [1.29, 1.82) is 0 Å². The van der Waals surface area contributed by atoms with Gasteiger partial charge in [-0.05, 0) is 26.0 Å². The second-order valence-electron chi connectivity index (χ2n) is 6.26. The monoisotopic (exact) mass is 331 g/mol. The predicted octanol–water partition coefficient (Wildman–Crippen LogP) is -0.545. The number of hydrogen-bond acceptors (Lipinski definition) is 5. The first-order valence-electron chi connectivity index (χ1n) is 7.94. The molecule has 2 atom stereocenters. The van der Waals surface area contributed by atoms with Crippen LogP contribution in [0.1, 0.15) is 24.3 Å². The Kier molecular flexibility index (Phi) is 4.00. The summed E-state index contributed by atoms with van der Waals surface area (Å²) in [6, 6.07) is 3.35. The lowest BCUT2D eigenvalue weighted by Gasteiger charge is -2.38. The molecule has 0 saturated carbocycles. The Morgan fingerprint density at radius 1 is 1.21 bits per heavy atom. The van der Waals surface area contributed by atoms with Crippen LogP contribution in [-0.4, -0.2) is 50.1 Å². The van der Waals surface area contributed by atoms with E-state index in [0.29, 0.717) is 11.9 Å².